The van der Waals surface area contributed by atoms with Crippen LogP contribution in [0.25, 0.3) is 0 Å². The number of carbonyl (C=O) groups excluding carboxylic acids is 1. The summed E-state index contributed by atoms with van der Waals surface area (Å²) >= 11 is 0. The lowest BCUT2D eigenvalue weighted by Crippen LogP contribution is -2.38. The zero-order valence-electron chi connectivity index (χ0n) is 53.0. The number of carbonyl (C=O) groups is 1. The normalized spacial score (nSPS) is 12.5. The zero-order chi connectivity index (χ0) is 54.8. The van der Waals surface area contributed by atoms with Crippen LogP contribution in [0.1, 0.15) is 400 Å². The fraction of sp³-hybridized carbons (Fsp3) is 0.878. The Hall–Kier alpha value is -1.57. The van der Waals surface area contributed by atoms with Crippen LogP contribution in [-0.2, 0) is 4.79 Å². The summed E-state index contributed by atoms with van der Waals surface area (Å²) in [5.74, 6) is 0.762. The summed E-state index contributed by atoms with van der Waals surface area (Å²) in [4.78, 5) is 17.1. The molecule has 0 aliphatic rings. The highest BCUT2D eigenvalue weighted by Crippen LogP contribution is 2.24. The summed E-state index contributed by atoms with van der Waals surface area (Å²) in [5, 5.41) is 0. The molecule has 0 saturated carbocycles. The Labute approximate surface area is 481 Å². The van der Waals surface area contributed by atoms with Gasteiger partial charge in [-0.3, -0.25) is 4.79 Å². The second-order valence-corrected chi connectivity index (χ2v) is 24.4. The molecule has 0 aromatic rings. The van der Waals surface area contributed by atoms with Gasteiger partial charge < -0.3 is 4.90 Å². The smallest absolute Gasteiger partial charge is 0.225 e. The summed E-state index contributed by atoms with van der Waals surface area (Å²) in [6.07, 6.45) is 96.9. The van der Waals surface area contributed by atoms with Crippen LogP contribution in [0.3, 0.4) is 0 Å². The molecule has 0 atom stereocenters. The van der Waals surface area contributed by atoms with E-state index in [1.165, 1.54) is 360 Å². The fourth-order valence-electron chi connectivity index (χ4n) is 11.4. The van der Waals surface area contributed by atoms with Gasteiger partial charge in [-0.05, 0) is 128 Å². The van der Waals surface area contributed by atoms with Crippen molar-refractivity contribution in [3.8, 4) is 0 Å². The van der Waals surface area contributed by atoms with E-state index in [1.807, 2.05) is 0 Å². The standard InChI is InChI=1S/C74H141NO/c1-5-9-13-17-21-25-29-33-37-41-45-49-53-57-61-65-69-73(70-66-62-58-54-50-46-42-38-34-30-26-22-18-14-10-6-2)74(76)75(71-67-63-59-55-51-47-43-39-35-31-27-23-19-15-11-7-3)72-68-64-60-56-52-48-44-40-36-32-28-24-20-16-12-8-4/h33-40,73H,5-32,41-72H2,1-4H3. The number of hydrogen-bond acceptors (Lipinski definition) is 1. The zero-order valence-corrected chi connectivity index (χ0v) is 53.0. The Morgan fingerprint density at radius 1 is 0.237 bits per heavy atom. The molecule has 0 saturated heterocycles. The van der Waals surface area contributed by atoms with Gasteiger partial charge >= 0.3 is 0 Å². The van der Waals surface area contributed by atoms with Crippen LogP contribution >= 0.6 is 0 Å². The largest absolute Gasteiger partial charge is 0.342 e. The van der Waals surface area contributed by atoms with Gasteiger partial charge in [-0.15, -0.1) is 0 Å². The summed E-state index contributed by atoms with van der Waals surface area (Å²) in [7, 11) is 0. The summed E-state index contributed by atoms with van der Waals surface area (Å²) in [6.45, 7) is 11.2. The second-order valence-electron chi connectivity index (χ2n) is 24.4. The molecule has 0 bridgehead atoms. The Morgan fingerprint density at radius 2 is 0.408 bits per heavy atom. The molecular weight excluding hydrogens is 919 g/mol. The molecule has 0 fully saturated rings. The number of hydrogen-bond donors (Lipinski definition) is 0. The van der Waals surface area contributed by atoms with E-state index >= 15 is 0 Å². The average Bonchev–Trinajstić information content (AvgIpc) is 3.43. The van der Waals surface area contributed by atoms with Crippen LogP contribution in [0.15, 0.2) is 48.6 Å². The molecule has 0 heterocycles. The molecule has 448 valence electrons. The van der Waals surface area contributed by atoms with Crippen molar-refractivity contribution >= 4 is 5.91 Å². The van der Waals surface area contributed by atoms with Crippen molar-refractivity contribution in [2.45, 2.75) is 400 Å². The van der Waals surface area contributed by atoms with E-state index in [0.29, 0.717) is 5.91 Å². The van der Waals surface area contributed by atoms with Crippen LogP contribution in [0, 0.1) is 5.92 Å². The van der Waals surface area contributed by atoms with Crippen molar-refractivity contribution in [1.29, 1.82) is 0 Å². The van der Waals surface area contributed by atoms with Crippen LogP contribution in [0.2, 0.25) is 0 Å². The van der Waals surface area contributed by atoms with E-state index in [9.17, 15) is 4.79 Å². The lowest BCUT2D eigenvalue weighted by molar-refractivity contribution is -0.136. The molecule has 0 rings (SSSR count). The van der Waals surface area contributed by atoms with Crippen LogP contribution < -0.4 is 0 Å². The number of rotatable bonds is 65. The summed E-state index contributed by atoms with van der Waals surface area (Å²) in [5.41, 5.74) is 0. The SMILES string of the molecule is CCCCCCCCC=CCCCCCCCCC(CCCCCCCCC=CCCCCCCCC)C(=O)N(CCCCCCCCC=CCCCCCCCC)CCCCCCCCC=CCCCCCCCC. The first-order valence-corrected chi connectivity index (χ1v) is 35.6. The van der Waals surface area contributed by atoms with Gasteiger partial charge in [0.1, 0.15) is 0 Å². The molecule has 2 nitrogen and oxygen atoms in total. The molecule has 0 N–H and O–H groups in total. The van der Waals surface area contributed by atoms with Gasteiger partial charge in [0, 0.05) is 19.0 Å². The topological polar surface area (TPSA) is 20.3 Å². The first-order chi connectivity index (χ1) is 37.7. The molecule has 1 amide bonds. The number of allylic oxidation sites excluding steroid dienone is 8. The van der Waals surface area contributed by atoms with Gasteiger partial charge in [0.25, 0.3) is 0 Å². The van der Waals surface area contributed by atoms with Crippen molar-refractivity contribution < 1.29 is 4.79 Å². The van der Waals surface area contributed by atoms with E-state index in [2.05, 4.69) is 81.2 Å². The monoisotopic (exact) mass is 1060 g/mol. The first-order valence-electron chi connectivity index (χ1n) is 35.6. The van der Waals surface area contributed by atoms with Gasteiger partial charge in [-0.1, -0.05) is 320 Å². The third kappa shape index (κ3) is 60.1. The highest BCUT2D eigenvalue weighted by atomic mass is 16.2. The van der Waals surface area contributed by atoms with Gasteiger partial charge in [0.05, 0.1) is 0 Å². The molecule has 76 heavy (non-hydrogen) atoms. The van der Waals surface area contributed by atoms with Crippen LogP contribution in [0.4, 0.5) is 0 Å². The second kappa shape index (κ2) is 67.7. The molecule has 0 aliphatic carbocycles. The van der Waals surface area contributed by atoms with E-state index in [-0.39, 0.29) is 5.92 Å². The summed E-state index contributed by atoms with van der Waals surface area (Å²) in [6, 6.07) is 0. The first kappa shape index (κ1) is 74.4. The number of amides is 1. The fourth-order valence-corrected chi connectivity index (χ4v) is 11.4. The molecule has 0 spiro atoms. The van der Waals surface area contributed by atoms with Crippen molar-refractivity contribution in [2.75, 3.05) is 13.1 Å². The number of nitrogens with zero attached hydrogens (tertiary/aromatic N) is 1. The third-order valence-electron chi connectivity index (χ3n) is 16.7. The molecule has 0 aromatic heterocycles. The quantitative estimate of drug-likeness (QED) is 0.0439. The number of unbranched alkanes of at least 4 members (excludes halogenated alkanes) is 48. The van der Waals surface area contributed by atoms with E-state index in [0.717, 1.165) is 25.9 Å². The molecule has 0 aromatic carbocycles. The Balaban J connectivity index is 5.12. The third-order valence-corrected chi connectivity index (χ3v) is 16.7. The minimum Gasteiger partial charge on any atom is -0.342 e. The Kier molecular flexibility index (Phi) is 66.3. The lowest BCUT2D eigenvalue weighted by atomic mass is 9.92. The van der Waals surface area contributed by atoms with Crippen molar-refractivity contribution in [2.24, 2.45) is 5.92 Å². The van der Waals surface area contributed by atoms with Gasteiger partial charge in [-0.2, -0.15) is 0 Å². The average molecular weight is 1060 g/mol. The van der Waals surface area contributed by atoms with E-state index in [1.54, 1.807) is 0 Å². The van der Waals surface area contributed by atoms with E-state index < -0.39 is 0 Å². The van der Waals surface area contributed by atoms with Crippen LogP contribution in [0.5, 0.6) is 0 Å². The predicted molar refractivity (Wildman–Crippen MR) is 347 cm³/mol. The summed E-state index contributed by atoms with van der Waals surface area (Å²) < 4.78 is 0. The lowest BCUT2D eigenvalue weighted by Gasteiger charge is -2.28. The van der Waals surface area contributed by atoms with Crippen molar-refractivity contribution in [3.05, 3.63) is 48.6 Å². The maximum Gasteiger partial charge on any atom is 0.225 e. The highest BCUT2D eigenvalue weighted by Gasteiger charge is 2.23. The Bertz CT molecular complexity index is 1020. The molecular formula is C74H141NO. The molecule has 0 unspecified atom stereocenters. The predicted octanol–water partition coefficient (Wildman–Crippen LogP) is 26.4. The van der Waals surface area contributed by atoms with E-state index in [4.69, 9.17) is 0 Å². The van der Waals surface area contributed by atoms with Crippen molar-refractivity contribution in [1.82, 2.24) is 4.90 Å². The minimum absolute atomic E-state index is 0.233. The molecule has 0 radical (unpaired) electrons. The molecule has 2 heteroatoms. The maximum atomic E-state index is 14.7. The van der Waals surface area contributed by atoms with Gasteiger partial charge in [-0.25, -0.2) is 0 Å². The Morgan fingerprint density at radius 3 is 0.618 bits per heavy atom. The van der Waals surface area contributed by atoms with Gasteiger partial charge in [0.15, 0.2) is 0 Å². The highest BCUT2D eigenvalue weighted by molar-refractivity contribution is 5.78. The van der Waals surface area contributed by atoms with Crippen LogP contribution in [-0.4, -0.2) is 23.9 Å². The minimum atomic E-state index is 0.233. The maximum absolute atomic E-state index is 14.7. The van der Waals surface area contributed by atoms with Crippen molar-refractivity contribution in [3.63, 3.8) is 0 Å². The molecule has 0 aliphatic heterocycles. The van der Waals surface area contributed by atoms with Gasteiger partial charge in [0.2, 0.25) is 5.91 Å².